The molecule has 0 saturated carbocycles. The molecule has 2 aliphatic rings. The van der Waals surface area contributed by atoms with Gasteiger partial charge in [0, 0.05) is 18.1 Å². The Morgan fingerprint density at radius 1 is 1.44 bits per heavy atom. The van der Waals surface area contributed by atoms with Crippen LogP contribution in [-0.2, 0) is 23.8 Å². The molecule has 0 aromatic carbocycles. The predicted octanol–water partition coefficient (Wildman–Crippen LogP) is 3.47. The molecule has 0 fully saturated rings. The molecule has 136 valence electrons. The SMILES string of the molecule is COC(=O)C(/C=C/C1=C(O)CCCC1(C)C)=C/OC1C=C(C)C(=O)O1. The third-order valence-electron chi connectivity index (χ3n) is 4.37. The second-order valence-electron chi connectivity index (χ2n) is 6.76. The number of methoxy groups -OCH3 is 1. The van der Waals surface area contributed by atoms with Crippen LogP contribution in [0.1, 0.15) is 40.0 Å². The normalized spacial score (nSPS) is 23.5. The van der Waals surface area contributed by atoms with Crippen molar-refractivity contribution in [2.45, 2.75) is 46.3 Å². The van der Waals surface area contributed by atoms with Gasteiger partial charge in [0.1, 0.15) is 6.26 Å². The number of esters is 2. The summed E-state index contributed by atoms with van der Waals surface area (Å²) in [5, 5.41) is 10.2. The third kappa shape index (κ3) is 4.53. The molecular weight excluding hydrogens is 324 g/mol. The average molecular weight is 348 g/mol. The van der Waals surface area contributed by atoms with E-state index in [-0.39, 0.29) is 11.0 Å². The number of hydrogen-bond acceptors (Lipinski definition) is 6. The van der Waals surface area contributed by atoms with Crippen LogP contribution >= 0.6 is 0 Å². The summed E-state index contributed by atoms with van der Waals surface area (Å²) in [6.45, 7) is 5.72. The van der Waals surface area contributed by atoms with Gasteiger partial charge in [0.2, 0.25) is 0 Å². The zero-order valence-corrected chi connectivity index (χ0v) is 15.0. The molecule has 1 unspecified atom stereocenters. The van der Waals surface area contributed by atoms with Gasteiger partial charge in [-0.05, 0) is 36.8 Å². The van der Waals surface area contributed by atoms with Crippen molar-refractivity contribution in [3.8, 4) is 0 Å². The summed E-state index contributed by atoms with van der Waals surface area (Å²) in [7, 11) is 1.27. The molecule has 2 rings (SSSR count). The Morgan fingerprint density at radius 2 is 2.16 bits per heavy atom. The Balaban J connectivity index is 2.19. The van der Waals surface area contributed by atoms with Crippen molar-refractivity contribution >= 4 is 11.9 Å². The van der Waals surface area contributed by atoms with Crippen LogP contribution in [0.15, 0.2) is 47.0 Å². The molecular formula is C19H24O6. The molecule has 6 nitrogen and oxygen atoms in total. The molecule has 0 amide bonds. The van der Waals surface area contributed by atoms with E-state index in [9.17, 15) is 14.7 Å². The number of carbonyl (C=O) groups excluding carboxylic acids is 2. The summed E-state index contributed by atoms with van der Waals surface area (Å²) in [4.78, 5) is 23.3. The number of ether oxygens (including phenoxy) is 3. The van der Waals surface area contributed by atoms with E-state index in [2.05, 4.69) is 0 Å². The lowest BCUT2D eigenvalue weighted by atomic mass is 9.74. The Kier molecular flexibility index (Phi) is 5.72. The molecule has 0 bridgehead atoms. The Bertz CT molecular complexity index is 678. The van der Waals surface area contributed by atoms with Crippen molar-refractivity contribution in [1.29, 1.82) is 0 Å². The monoisotopic (exact) mass is 348 g/mol. The second kappa shape index (κ2) is 7.59. The number of aliphatic hydroxyl groups excluding tert-OH is 1. The Labute approximate surface area is 147 Å². The summed E-state index contributed by atoms with van der Waals surface area (Å²) in [6.07, 6.45) is 7.61. The highest BCUT2D eigenvalue weighted by Crippen LogP contribution is 2.40. The van der Waals surface area contributed by atoms with Crippen LogP contribution < -0.4 is 0 Å². The minimum Gasteiger partial charge on any atom is -0.512 e. The van der Waals surface area contributed by atoms with Crippen LogP contribution in [0.25, 0.3) is 0 Å². The summed E-state index contributed by atoms with van der Waals surface area (Å²) >= 11 is 0. The van der Waals surface area contributed by atoms with Gasteiger partial charge in [-0.1, -0.05) is 19.9 Å². The highest BCUT2D eigenvalue weighted by molar-refractivity contribution is 5.91. The number of aliphatic hydroxyl groups is 1. The highest BCUT2D eigenvalue weighted by Gasteiger charge is 2.28. The summed E-state index contributed by atoms with van der Waals surface area (Å²) in [5.41, 5.74) is 1.21. The van der Waals surface area contributed by atoms with Crippen LogP contribution in [0, 0.1) is 5.41 Å². The van der Waals surface area contributed by atoms with Gasteiger partial charge in [-0.3, -0.25) is 0 Å². The molecule has 1 aliphatic heterocycles. The van der Waals surface area contributed by atoms with Crippen LogP contribution in [0.5, 0.6) is 0 Å². The van der Waals surface area contributed by atoms with Crippen molar-refractivity contribution in [3.05, 3.63) is 47.0 Å². The van der Waals surface area contributed by atoms with Gasteiger partial charge in [-0.15, -0.1) is 0 Å². The fourth-order valence-electron chi connectivity index (χ4n) is 2.84. The number of rotatable bonds is 5. The van der Waals surface area contributed by atoms with E-state index in [4.69, 9.17) is 14.2 Å². The standard InChI is InChI=1S/C19H24O6/c1-12-10-16(25-17(12)21)24-11-13(18(22)23-4)7-8-14-15(20)6-5-9-19(14,2)3/h7-8,10-11,16,20H,5-6,9H2,1-4H3/b8-7+,13-11+. The first-order valence-corrected chi connectivity index (χ1v) is 8.18. The van der Waals surface area contributed by atoms with E-state index < -0.39 is 18.2 Å². The summed E-state index contributed by atoms with van der Waals surface area (Å²) < 4.78 is 15.0. The maximum absolute atomic E-state index is 11.9. The largest absolute Gasteiger partial charge is 0.512 e. The quantitative estimate of drug-likeness (QED) is 0.355. The van der Waals surface area contributed by atoms with Crippen molar-refractivity contribution < 1.29 is 28.9 Å². The molecule has 0 aromatic rings. The number of allylic oxidation sites excluding steroid dienone is 3. The van der Waals surface area contributed by atoms with Crippen LogP contribution in [0.4, 0.5) is 0 Å². The fourth-order valence-corrected chi connectivity index (χ4v) is 2.84. The lowest BCUT2D eigenvalue weighted by molar-refractivity contribution is -0.152. The third-order valence-corrected chi connectivity index (χ3v) is 4.37. The first-order valence-electron chi connectivity index (χ1n) is 8.18. The minimum atomic E-state index is -0.862. The second-order valence-corrected chi connectivity index (χ2v) is 6.76. The van der Waals surface area contributed by atoms with E-state index in [0.29, 0.717) is 17.8 Å². The summed E-state index contributed by atoms with van der Waals surface area (Å²) in [6, 6.07) is 0. The van der Waals surface area contributed by atoms with E-state index in [1.807, 2.05) is 13.8 Å². The van der Waals surface area contributed by atoms with Crippen LogP contribution in [0.3, 0.4) is 0 Å². The Hall–Kier alpha value is -2.50. The molecule has 0 aromatic heterocycles. The van der Waals surface area contributed by atoms with E-state index >= 15 is 0 Å². The molecule has 1 atom stereocenters. The highest BCUT2D eigenvalue weighted by atomic mass is 16.7. The van der Waals surface area contributed by atoms with Gasteiger partial charge >= 0.3 is 11.9 Å². The van der Waals surface area contributed by atoms with Gasteiger partial charge in [0.05, 0.1) is 18.4 Å². The van der Waals surface area contributed by atoms with Crippen molar-refractivity contribution in [2.75, 3.05) is 7.11 Å². The first kappa shape index (κ1) is 18.8. The number of cyclic esters (lactones) is 1. The molecule has 1 N–H and O–H groups in total. The number of hydrogen-bond donors (Lipinski definition) is 1. The zero-order chi connectivity index (χ0) is 18.6. The maximum Gasteiger partial charge on any atom is 0.340 e. The lowest BCUT2D eigenvalue weighted by Gasteiger charge is -2.31. The molecule has 0 spiro atoms. The van der Waals surface area contributed by atoms with Gasteiger partial charge in [0.15, 0.2) is 0 Å². The lowest BCUT2D eigenvalue weighted by Crippen LogP contribution is -2.20. The fraction of sp³-hybridized carbons (Fsp3) is 0.474. The first-order chi connectivity index (χ1) is 11.7. The smallest absolute Gasteiger partial charge is 0.340 e. The number of carbonyl (C=O) groups is 2. The van der Waals surface area contributed by atoms with Crippen molar-refractivity contribution in [2.24, 2.45) is 5.41 Å². The molecule has 6 heteroatoms. The van der Waals surface area contributed by atoms with Gasteiger partial charge in [-0.2, -0.15) is 0 Å². The average Bonchev–Trinajstić information content (AvgIpc) is 2.86. The predicted molar refractivity (Wildman–Crippen MR) is 91.2 cm³/mol. The van der Waals surface area contributed by atoms with Gasteiger partial charge < -0.3 is 19.3 Å². The molecule has 25 heavy (non-hydrogen) atoms. The zero-order valence-electron chi connectivity index (χ0n) is 15.0. The Morgan fingerprint density at radius 3 is 2.72 bits per heavy atom. The van der Waals surface area contributed by atoms with Gasteiger partial charge in [-0.25, -0.2) is 9.59 Å². The van der Waals surface area contributed by atoms with Crippen LogP contribution in [0.2, 0.25) is 0 Å². The van der Waals surface area contributed by atoms with Gasteiger partial charge in [0.25, 0.3) is 6.29 Å². The molecule has 0 saturated heterocycles. The summed E-state index contributed by atoms with van der Waals surface area (Å²) in [5.74, 6) is -0.705. The van der Waals surface area contributed by atoms with Crippen molar-refractivity contribution in [1.82, 2.24) is 0 Å². The molecule has 1 heterocycles. The minimum absolute atomic E-state index is 0.151. The van der Waals surface area contributed by atoms with E-state index in [0.717, 1.165) is 18.4 Å². The molecule has 0 radical (unpaired) electrons. The van der Waals surface area contributed by atoms with Crippen molar-refractivity contribution in [3.63, 3.8) is 0 Å². The van der Waals surface area contributed by atoms with E-state index in [1.165, 1.54) is 25.5 Å². The molecule has 1 aliphatic carbocycles. The van der Waals surface area contributed by atoms with Crippen LogP contribution in [-0.4, -0.2) is 30.4 Å². The maximum atomic E-state index is 11.9. The van der Waals surface area contributed by atoms with E-state index in [1.54, 1.807) is 13.0 Å². The topological polar surface area (TPSA) is 82.1 Å².